The molecule has 0 aromatic heterocycles. The third kappa shape index (κ3) is 18.9. The van der Waals surface area contributed by atoms with Gasteiger partial charge in [-0.15, -0.1) is 0 Å². The average molecular weight is 465 g/mol. The Morgan fingerprint density at radius 1 is 1.20 bits per heavy atom. The molecule has 0 heterocycles. The topological polar surface area (TPSA) is 0 Å². The van der Waals surface area contributed by atoms with E-state index in [9.17, 15) is 0 Å². The van der Waals surface area contributed by atoms with Crippen molar-refractivity contribution in [2.24, 2.45) is 0 Å². The van der Waals surface area contributed by atoms with Crippen LogP contribution in [0.3, 0.4) is 0 Å². The third-order valence-electron chi connectivity index (χ3n) is 0. The number of hydrogen-bond acceptors (Lipinski definition) is 0. The maximum atomic E-state index is 3.27. The summed E-state index contributed by atoms with van der Waals surface area (Å²) in [6, 6.07) is 0. The molecule has 0 aliphatic carbocycles. The van der Waals surface area contributed by atoms with Crippen molar-refractivity contribution in [3.8, 4) is 0 Å². The quantitative estimate of drug-likeness (QED) is 0.484. The Hall–Kier alpha value is 3.28. The Morgan fingerprint density at radius 3 is 1.20 bits per heavy atom. The second kappa shape index (κ2) is 15.7. The maximum absolute atomic E-state index is 3.27. The summed E-state index contributed by atoms with van der Waals surface area (Å²) in [6.07, 6.45) is 0. The first-order chi connectivity index (χ1) is 2.41. The zero-order valence-electron chi connectivity index (χ0n) is 2.55. The van der Waals surface area contributed by atoms with Crippen LogP contribution in [0.25, 0.3) is 0 Å². The summed E-state index contributed by atoms with van der Waals surface area (Å²) in [6.45, 7) is 0. The zero-order chi connectivity index (χ0) is 4.71. The van der Waals surface area contributed by atoms with Crippen LogP contribution < -0.4 is 0 Å². The molecule has 0 aliphatic heterocycles. The minimum atomic E-state index is -0.385. The molecule has 0 aromatic rings. The summed E-state index contributed by atoms with van der Waals surface area (Å²) in [4.78, 5) is 0. The fourth-order valence-electron chi connectivity index (χ4n) is 0. The van der Waals surface area contributed by atoms with Gasteiger partial charge in [0, 0.05) is 0 Å². The second-order valence-electron chi connectivity index (χ2n) is 0.101. The number of rotatable bonds is 0. The molecule has 0 amide bonds. The molecule has 0 rings (SSSR count). The van der Waals surface area contributed by atoms with Crippen molar-refractivity contribution < 1.29 is 42.8 Å². The molecule has 0 aliphatic rings. The Bertz CT molecular complexity index is 4.85. The van der Waals surface area contributed by atoms with Gasteiger partial charge < -0.3 is 0 Å². The van der Waals surface area contributed by atoms with Crippen LogP contribution >= 0.6 is 36.0 Å². The van der Waals surface area contributed by atoms with E-state index in [2.05, 4.69) is 36.0 Å². The summed E-state index contributed by atoms with van der Waals surface area (Å²) in [7, 11) is 0. The molecule has 0 atom stereocenters. The van der Waals surface area contributed by atoms with Crippen molar-refractivity contribution in [1.82, 2.24) is 0 Å². The van der Waals surface area contributed by atoms with E-state index in [4.69, 9.17) is 0 Å². The summed E-state index contributed by atoms with van der Waals surface area (Å²) in [5.74, 6) is 0. The molecule has 5 heavy (non-hydrogen) atoms. The SMILES string of the molecule is [Br][Cd].[Br][Cd][Br]. The number of hydrogen-bond donors (Lipinski definition) is 0. The van der Waals surface area contributed by atoms with Crippen LogP contribution in [0.2, 0.25) is 0 Å². The third-order valence-corrected chi connectivity index (χ3v) is 0. The van der Waals surface area contributed by atoms with E-state index in [0.717, 1.165) is 23.4 Å². The molecule has 25 valence electrons. The van der Waals surface area contributed by atoms with Crippen molar-refractivity contribution in [3.05, 3.63) is 0 Å². The molecule has 0 N–H and O–H groups in total. The molecule has 0 fully saturated rings. The van der Waals surface area contributed by atoms with Gasteiger partial charge in [-0.2, -0.15) is 0 Å². The predicted octanol–water partition coefficient (Wildman–Crippen LogP) is 2.53. The molecule has 0 bridgehead atoms. The molecule has 0 saturated heterocycles. The van der Waals surface area contributed by atoms with Gasteiger partial charge in [0.05, 0.1) is 0 Å². The van der Waals surface area contributed by atoms with Gasteiger partial charge in [0.2, 0.25) is 0 Å². The van der Waals surface area contributed by atoms with Gasteiger partial charge >= 0.3 is 78.7 Å². The second-order valence-corrected chi connectivity index (χ2v) is 18.3. The van der Waals surface area contributed by atoms with E-state index in [1.807, 2.05) is 0 Å². The van der Waals surface area contributed by atoms with Crippen LogP contribution in [0.15, 0.2) is 0 Å². The van der Waals surface area contributed by atoms with E-state index < -0.39 is 0 Å². The summed E-state index contributed by atoms with van der Waals surface area (Å²) in [5, 5.41) is 0. The van der Waals surface area contributed by atoms with Crippen molar-refractivity contribution in [1.29, 1.82) is 0 Å². The van der Waals surface area contributed by atoms with Gasteiger partial charge in [0.25, 0.3) is 0 Å². The first-order valence-electron chi connectivity index (χ1n) is 0.802. The molecule has 0 nitrogen and oxygen atoms in total. The molecule has 0 radical (unpaired) electrons. The zero-order valence-corrected chi connectivity index (χ0v) is 15.4. The molecular formula is Br3Cd2. The number of halogens is 3. The van der Waals surface area contributed by atoms with Crippen molar-refractivity contribution in [2.75, 3.05) is 0 Å². The van der Waals surface area contributed by atoms with Crippen molar-refractivity contribution >= 4 is 36.0 Å². The summed E-state index contributed by atoms with van der Waals surface area (Å²) < 4.78 is 0. The standard InChI is InChI=1S/3BrH.2Cd/h3*1H;;/q;;;+1;+2/p-3. The van der Waals surface area contributed by atoms with E-state index in [1.54, 1.807) is 0 Å². The van der Waals surface area contributed by atoms with Crippen LogP contribution in [0, 0.1) is 0 Å². The van der Waals surface area contributed by atoms with Crippen LogP contribution in [0.5, 0.6) is 0 Å². The van der Waals surface area contributed by atoms with Gasteiger partial charge in [0.15, 0.2) is 0 Å². The van der Waals surface area contributed by atoms with E-state index in [-0.39, 0.29) is 19.4 Å². The van der Waals surface area contributed by atoms with E-state index >= 15 is 0 Å². The first kappa shape index (κ1) is 11.1. The van der Waals surface area contributed by atoms with Crippen molar-refractivity contribution in [3.63, 3.8) is 0 Å². The normalized spacial score (nSPS) is 3.40. The molecule has 0 unspecified atom stereocenters. The Balaban J connectivity index is 0. The average Bonchev–Trinajstić information content (AvgIpc) is 1.46. The van der Waals surface area contributed by atoms with Gasteiger partial charge in [-0.1, -0.05) is 0 Å². The predicted molar refractivity (Wildman–Crippen MR) is 26.8 cm³/mol. The van der Waals surface area contributed by atoms with Crippen LogP contribution in [0.1, 0.15) is 0 Å². The first-order valence-corrected chi connectivity index (χ1v) is 27.9. The minimum absolute atomic E-state index is 0.385. The Morgan fingerprint density at radius 2 is 1.20 bits per heavy atom. The Labute approximate surface area is 76.7 Å². The molecule has 5 heteroatoms. The molecule has 0 spiro atoms. The fraction of sp³-hybridized carbons (Fsp3) is 0. The monoisotopic (exact) mass is 465 g/mol. The Kier molecular flexibility index (Phi) is 34.9. The summed E-state index contributed by atoms with van der Waals surface area (Å²) >= 11 is 10.2. The van der Waals surface area contributed by atoms with Gasteiger partial charge in [-0.3, -0.25) is 0 Å². The van der Waals surface area contributed by atoms with Crippen LogP contribution in [0.4, 0.5) is 0 Å². The fourth-order valence-corrected chi connectivity index (χ4v) is 0. The van der Waals surface area contributed by atoms with Crippen LogP contribution in [-0.2, 0) is 42.8 Å². The molecule has 0 saturated carbocycles. The van der Waals surface area contributed by atoms with E-state index in [1.165, 1.54) is 0 Å². The van der Waals surface area contributed by atoms with Gasteiger partial charge in [0.1, 0.15) is 0 Å². The van der Waals surface area contributed by atoms with Gasteiger partial charge in [-0.25, -0.2) is 0 Å². The van der Waals surface area contributed by atoms with Crippen molar-refractivity contribution in [2.45, 2.75) is 0 Å². The van der Waals surface area contributed by atoms with Gasteiger partial charge in [-0.05, 0) is 0 Å². The summed E-state index contributed by atoms with van der Waals surface area (Å²) in [5.41, 5.74) is 0. The molecule has 0 aromatic carbocycles. The van der Waals surface area contributed by atoms with Crippen LogP contribution in [-0.4, -0.2) is 0 Å². The van der Waals surface area contributed by atoms with E-state index in [0.29, 0.717) is 0 Å². The molecular weight excluding hydrogens is 465 g/mol.